The Labute approximate surface area is 188 Å². The van der Waals surface area contributed by atoms with Gasteiger partial charge < -0.3 is 15.3 Å². The SMILES string of the molecule is O=C(C#Cc1c(O)cccc1Cl)NCc1ccc2c(c1)CN(C1CCC(=O)NC1=O)C2=O. The largest absolute Gasteiger partial charge is 0.507 e. The van der Waals surface area contributed by atoms with E-state index in [1.165, 1.54) is 11.0 Å². The predicted octanol–water partition coefficient (Wildman–Crippen LogP) is 1.47. The summed E-state index contributed by atoms with van der Waals surface area (Å²) in [5, 5.41) is 15.0. The Kier molecular flexibility index (Phi) is 5.84. The van der Waals surface area contributed by atoms with Crippen LogP contribution < -0.4 is 10.6 Å². The summed E-state index contributed by atoms with van der Waals surface area (Å²) in [6.45, 7) is 0.440. The smallest absolute Gasteiger partial charge is 0.296 e. The number of phenols is 1. The number of nitrogens with one attached hydrogen (secondary N) is 2. The fraction of sp³-hybridized carbons (Fsp3) is 0.217. The number of hydrogen-bond acceptors (Lipinski definition) is 5. The molecule has 0 aromatic heterocycles. The van der Waals surface area contributed by atoms with Crippen molar-refractivity contribution in [3.05, 3.63) is 63.7 Å². The van der Waals surface area contributed by atoms with Crippen LogP contribution in [0.15, 0.2) is 36.4 Å². The average molecular weight is 452 g/mol. The van der Waals surface area contributed by atoms with E-state index < -0.39 is 17.9 Å². The molecule has 4 amide bonds. The van der Waals surface area contributed by atoms with Crippen molar-refractivity contribution in [1.29, 1.82) is 0 Å². The maximum atomic E-state index is 12.7. The third kappa shape index (κ3) is 4.29. The maximum Gasteiger partial charge on any atom is 0.296 e. The first-order chi connectivity index (χ1) is 15.3. The van der Waals surface area contributed by atoms with Crippen LogP contribution in [0, 0.1) is 11.8 Å². The van der Waals surface area contributed by atoms with Crippen LogP contribution in [0.3, 0.4) is 0 Å². The summed E-state index contributed by atoms with van der Waals surface area (Å²) in [5.41, 5.74) is 2.18. The first kappa shape index (κ1) is 21.4. The van der Waals surface area contributed by atoms with E-state index in [4.69, 9.17) is 11.6 Å². The van der Waals surface area contributed by atoms with Crippen molar-refractivity contribution < 1.29 is 24.3 Å². The van der Waals surface area contributed by atoms with Crippen molar-refractivity contribution in [2.24, 2.45) is 0 Å². The van der Waals surface area contributed by atoms with Gasteiger partial charge in [-0.3, -0.25) is 24.5 Å². The number of piperidine rings is 1. The van der Waals surface area contributed by atoms with E-state index in [0.29, 0.717) is 12.0 Å². The average Bonchev–Trinajstić information content (AvgIpc) is 3.07. The minimum absolute atomic E-state index is 0.110. The topological polar surface area (TPSA) is 116 Å². The minimum Gasteiger partial charge on any atom is -0.507 e. The predicted molar refractivity (Wildman–Crippen MR) is 114 cm³/mol. The molecule has 1 saturated heterocycles. The number of nitrogens with zero attached hydrogens (tertiary/aromatic N) is 1. The number of imide groups is 1. The molecule has 32 heavy (non-hydrogen) atoms. The number of carbonyl (C=O) groups is 4. The van der Waals surface area contributed by atoms with Crippen LogP contribution in [0.2, 0.25) is 5.02 Å². The number of carbonyl (C=O) groups excluding carboxylic acids is 4. The van der Waals surface area contributed by atoms with Crippen molar-refractivity contribution in [1.82, 2.24) is 15.5 Å². The molecule has 2 heterocycles. The zero-order valence-electron chi connectivity index (χ0n) is 16.8. The van der Waals surface area contributed by atoms with E-state index in [0.717, 1.165) is 11.1 Å². The Balaban J connectivity index is 1.41. The lowest BCUT2D eigenvalue weighted by atomic mass is 10.0. The van der Waals surface area contributed by atoms with Crippen LogP contribution in [0.25, 0.3) is 0 Å². The lowest BCUT2D eigenvalue weighted by Gasteiger charge is -2.29. The van der Waals surface area contributed by atoms with Gasteiger partial charge in [0.1, 0.15) is 11.8 Å². The third-order valence-corrected chi connectivity index (χ3v) is 5.65. The van der Waals surface area contributed by atoms with Crippen LogP contribution in [-0.2, 0) is 27.5 Å². The molecule has 9 heteroatoms. The Morgan fingerprint density at radius 2 is 2.06 bits per heavy atom. The van der Waals surface area contributed by atoms with Crippen LogP contribution >= 0.6 is 11.6 Å². The van der Waals surface area contributed by atoms with E-state index in [1.807, 2.05) is 0 Å². The van der Waals surface area contributed by atoms with Crippen LogP contribution in [-0.4, -0.2) is 39.7 Å². The highest BCUT2D eigenvalue weighted by Crippen LogP contribution is 2.28. The normalized spacial score (nSPS) is 17.3. The number of hydrogen-bond donors (Lipinski definition) is 3. The standard InChI is InChI=1S/C23H18ClN3O5/c24-17-2-1-3-19(28)16(17)6-8-20(29)25-11-13-4-5-15-14(10-13)12-27(23(15)32)18-7-9-21(30)26-22(18)31/h1-5,10,18,28H,7,9,11-12H2,(H,25,29)(H,26,30,31). The summed E-state index contributed by atoms with van der Waals surface area (Å²) in [6, 6.07) is 9.07. The number of aromatic hydroxyl groups is 1. The third-order valence-electron chi connectivity index (χ3n) is 5.33. The van der Waals surface area contributed by atoms with Gasteiger partial charge in [0.05, 0.1) is 10.6 Å². The Bertz CT molecular complexity index is 1190. The van der Waals surface area contributed by atoms with Crippen molar-refractivity contribution >= 4 is 35.2 Å². The second-order valence-electron chi connectivity index (χ2n) is 7.46. The Morgan fingerprint density at radius 3 is 2.81 bits per heavy atom. The van der Waals surface area contributed by atoms with E-state index >= 15 is 0 Å². The van der Waals surface area contributed by atoms with Gasteiger partial charge in [-0.05, 0) is 35.7 Å². The molecule has 2 aromatic rings. The molecule has 1 atom stereocenters. The lowest BCUT2D eigenvalue weighted by Crippen LogP contribution is -2.52. The monoisotopic (exact) mass is 451 g/mol. The van der Waals surface area contributed by atoms with Crippen LogP contribution in [0.4, 0.5) is 0 Å². The minimum atomic E-state index is -0.674. The second kappa shape index (κ2) is 8.73. The Hall–Kier alpha value is -3.83. The van der Waals surface area contributed by atoms with Gasteiger partial charge in [-0.2, -0.15) is 0 Å². The molecular weight excluding hydrogens is 434 g/mol. The highest BCUT2D eigenvalue weighted by atomic mass is 35.5. The number of fused-ring (bicyclic) bond motifs is 1. The molecule has 1 unspecified atom stereocenters. The summed E-state index contributed by atoms with van der Waals surface area (Å²) >= 11 is 5.97. The first-order valence-electron chi connectivity index (χ1n) is 9.87. The summed E-state index contributed by atoms with van der Waals surface area (Å²) < 4.78 is 0. The maximum absolute atomic E-state index is 12.7. The van der Waals surface area contributed by atoms with Crippen LogP contribution in [0.5, 0.6) is 5.75 Å². The highest BCUT2D eigenvalue weighted by molar-refractivity contribution is 6.32. The molecule has 2 aromatic carbocycles. The number of halogens is 1. The van der Waals surface area contributed by atoms with Gasteiger partial charge in [0.25, 0.3) is 11.8 Å². The van der Waals surface area contributed by atoms with Gasteiger partial charge in [-0.1, -0.05) is 35.7 Å². The summed E-state index contributed by atoms with van der Waals surface area (Å²) in [4.78, 5) is 49.8. The molecular formula is C23H18ClN3O5. The Morgan fingerprint density at radius 1 is 1.25 bits per heavy atom. The molecule has 4 rings (SSSR count). The summed E-state index contributed by atoms with van der Waals surface area (Å²) in [5.74, 6) is 3.24. The van der Waals surface area contributed by atoms with E-state index in [1.54, 1.807) is 30.3 Å². The van der Waals surface area contributed by atoms with E-state index in [-0.39, 0.29) is 47.7 Å². The molecule has 2 aliphatic rings. The van der Waals surface area contributed by atoms with Crippen molar-refractivity contribution in [2.45, 2.75) is 32.0 Å². The number of rotatable bonds is 3. The van der Waals surface area contributed by atoms with Gasteiger partial charge in [-0.25, -0.2) is 0 Å². The molecule has 0 aliphatic carbocycles. The number of amides is 4. The molecule has 2 aliphatic heterocycles. The van der Waals surface area contributed by atoms with Gasteiger partial charge in [-0.15, -0.1) is 0 Å². The van der Waals surface area contributed by atoms with Crippen molar-refractivity contribution in [2.75, 3.05) is 0 Å². The zero-order chi connectivity index (χ0) is 22.8. The molecule has 3 N–H and O–H groups in total. The van der Waals surface area contributed by atoms with Crippen molar-refractivity contribution in [3.8, 4) is 17.6 Å². The molecule has 8 nitrogen and oxygen atoms in total. The van der Waals surface area contributed by atoms with Gasteiger partial charge in [0, 0.05) is 31.0 Å². The van der Waals surface area contributed by atoms with Gasteiger partial charge >= 0.3 is 0 Å². The fourth-order valence-electron chi connectivity index (χ4n) is 3.72. The second-order valence-corrected chi connectivity index (χ2v) is 7.87. The van der Waals surface area contributed by atoms with Gasteiger partial charge in [0.15, 0.2) is 0 Å². The zero-order valence-corrected chi connectivity index (χ0v) is 17.5. The first-order valence-corrected chi connectivity index (χ1v) is 10.2. The summed E-state index contributed by atoms with van der Waals surface area (Å²) in [6.07, 6.45) is 0.494. The number of benzene rings is 2. The molecule has 0 bridgehead atoms. The van der Waals surface area contributed by atoms with Crippen LogP contribution in [0.1, 0.15) is 39.9 Å². The molecule has 0 radical (unpaired) electrons. The van der Waals surface area contributed by atoms with Gasteiger partial charge in [0.2, 0.25) is 11.8 Å². The highest BCUT2D eigenvalue weighted by Gasteiger charge is 2.39. The van der Waals surface area contributed by atoms with E-state index in [2.05, 4.69) is 22.5 Å². The van der Waals surface area contributed by atoms with Crippen molar-refractivity contribution in [3.63, 3.8) is 0 Å². The fourth-order valence-corrected chi connectivity index (χ4v) is 3.94. The molecule has 0 saturated carbocycles. The molecule has 1 fully saturated rings. The molecule has 0 spiro atoms. The lowest BCUT2D eigenvalue weighted by molar-refractivity contribution is -0.137. The summed E-state index contributed by atoms with van der Waals surface area (Å²) in [7, 11) is 0. The molecule has 162 valence electrons. The number of phenolic OH excluding ortho intramolecular Hbond substituents is 1. The quantitative estimate of drug-likeness (QED) is 0.483. The van der Waals surface area contributed by atoms with E-state index in [9.17, 15) is 24.3 Å².